The lowest BCUT2D eigenvalue weighted by atomic mass is 10.2. The van der Waals surface area contributed by atoms with Gasteiger partial charge in [0.2, 0.25) is 0 Å². The first kappa shape index (κ1) is 18.3. The number of carbonyl (C=O) groups is 1. The molecule has 27 heavy (non-hydrogen) atoms. The number of aromatic nitrogens is 5. The topological polar surface area (TPSA) is 107 Å². The van der Waals surface area contributed by atoms with E-state index < -0.39 is 5.91 Å². The van der Waals surface area contributed by atoms with E-state index in [1.54, 1.807) is 30.1 Å². The standard InChI is InChI=1S/C18H21N7O2/c1-12-9-13(2)25(23-12)16-10-15(21-11-22-16)19-6-7-20-17(26)14-5-4-8-24(3)18(14)27/h4-5,8-11H,6-7H2,1-3H3,(H,20,26)(H,19,21,22). The Bertz CT molecular complexity index is 1020. The highest BCUT2D eigenvalue weighted by atomic mass is 16.2. The zero-order valence-corrected chi connectivity index (χ0v) is 15.4. The van der Waals surface area contributed by atoms with E-state index in [9.17, 15) is 9.59 Å². The molecule has 3 aromatic heterocycles. The van der Waals surface area contributed by atoms with Crippen LogP contribution in [0.4, 0.5) is 5.82 Å². The van der Waals surface area contributed by atoms with Gasteiger partial charge in [-0.3, -0.25) is 9.59 Å². The molecule has 0 aliphatic rings. The lowest BCUT2D eigenvalue weighted by Crippen LogP contribution is -2.34. The van der Waals surface area contributed by atoms with E-state index in [4.69, 9.17) is 0 Å². The highest BCUT2D eigenvalue weighted by molar-refractivity contribution is 5.93. The smallest absolute Gasteiger partial charge is 0.263 e. The summed E-state index contributed by atoms with van der Waals surface area (Å²) in [5, 5.41) is 10.2. The molecule has 0 unspecified atom stereocenters. The minimum atomic E-state index is -0.399. The molecule has 3 heterocycles. The summed E-state index contributed by atoms with van der Waals surface area (Å²) >= 11 is 0. The third-order valence-corrected chi connectivity index (χ3v) is 3.96. The molecule has 3 aromatic rings. The van der Waals surface area contributed by atoms with E-state index in [1.807, 2.05) is 19.9 Å². The fourth-order valence-electron chi connectivity index (χ4n) is 2.65. The van der Waals surface area contributed by atoms with Crippen LogP contribution in [0.2, 0.25) is 0 Å². The minimum Gasteiger partial charge on any atom is -0.368 e. The SMILES string of the molecule is Cc1cc(C)n(-c2cc(NCCNC(=O)c3cccn(C)c3=O)ncn2)n1. The number of rotatable bonds is 6. The third-order valence-electron chi connectivity index (χ3n) is 3.96. The summed E-state index contributed by atoms with van der Waals surface area (Å²) in [4.78, 5) is 32.5. The highest BCUT2D eigenvalue weighted by Gasteiger charge is 2.10. The predicted molar refractivity (Wildman–Crippen MR) is 101 cm³/mol. The van der Waals surface area contributed by atoms with Gasteiger partial charge in [-0.05, 0) is 32.0 Å². The monoisotopic (exact) mass is 367 g/mol. The Kier molecular flexibility index (Phi) is 5.30. The Morgan fingerprint density at radius 3 is 2.74 bits per heavy atom. The summed E-state index contributed by atoms with van der Waals surface area (Å²) in [6, 6.07) is 6.93. The lowest BCUT2D eigenvalue weighted by molar-refractivity contribution is 0.0953. The van der Waals surface area contributed by atoms with Crippen molar-refractivity contribution in [2.45, 2.75) is 13.8 Å². The van der Waals surface area contributed by atoms with E-state index in [0.717, 1.165) is 11.4 Å². The molecule has 9 nitrogen and oxygen atoms in total. The number of nitrogens with one attached hydrogen (secondary N) is 2. The van der Waals surface area contributed by atoms with E-state index in [2.05, 4.69) is 25.7 Å². The van der Waals surface area contributed by atoms with Gasteiger partial charge in [-0.15, -0.1) is 0 Å². The number of anilines is 1. The highest BCUT2D eigenvalue weighted by Crippen LogP contribution is 2.11. The molecule has 0 aromatic carbocycles. The number of carbonyl (C=O) groups excluding carboxylic acids is 1. The molecule has 0 fully saturated rings. The Balaban J connectivity index is 1.57. The predicted octanol–water partition coefficient (Wildman–Crippen LogP) is 0.820. The van der Waals surface area contributed by atoms with Crippen LogP contribution in [0.5, 0.6) is 0 Å². The van der Waals surface area contributed by atoms with Crippen LogP contribution >= 0.6 is 0 Å². The van der Waals surface area contributed by atoms with Crippen LogP contribution in [-0.4, -0.2) is 43.3 Å². The Morgan fingerprint density at radius 2 is 2.00 bits per heavy atom. The van der Waals surface area contributed by atoms with Gasteiger partial charge in [0.15, 0.2) is 5.82 Å². The Labute approximate surface area is 156 Å². The molecule has 140 valence electrons. The summed E-state index contributed by atoms with van der Waals surface area (Å²) in [7, 11) is 1.61. The number of aryl methyl sites for hydroxylation is 3. The second-order valence-corrected chi connectivity index (χ2v) is 6.12. The molecule has 0 aliphatic heterocycles. The van der Waals surface area contributed by atoms with Crippen LogP contribution in [0.1, 0.15) is 21.7 Å². The van der Waals surface area contributed by atoms with Crippen molar-refractivity contribution >= 4 is 11.7 Å². The van der Waals surface area contributed by atoms with Gasteiger partial charge in [0.05, 0.1) is 5.69 Å². The van der Waals surface area contributed by atoms with Crippen molar-refractivity contribution < 1.29 is 4.79 Å². The van der Waals surface area contributed by atoms with Crippen molar-refractivity contribution in [1.82, 2.24) is 29.6 Å². The van der Waals surface area contributed by atoms with Crippen molar-refractivity contribution in [3.05, 3.63) is 64.1 Å². The molecule has 0 saturated carbocycles. The lowest BCUT2D eigenvalue weighted by Gasteiger charge is -2.09. The van der Waals surface area contributed by atoms with Gasteiger partial charge >= 0.3 is 0 Å². The molecule has 9 heteroatoms. The average Bonchev–Trinajstić information content (AvgIpc) is 2.99. The molecule has 1 amide bonds. The summed E-state index contributed by atoms with van der Waals surface area (Å²) in [5.74, 6) is 0.886. The quantitative estimate of drug-likeness (QED) is 0.625. The fourth-order valence-corrected chi connectivity index (χ4v) is 2.65. The maximum absolute atomic E-state index is 12.1. The van der Waals surface area contributed by atoms with Crippen molar-refractivity contribution in [3.8, 4) is 5.82 Å². The number of hydrogen-bond acceptors (Lipinski definition) is 6. The first-order chi connectivity index (χ1) is 13.0. The number of nitrogens with zero attached hydrogens (tertiary/aromatic N) is 5. The average molecular weight is 367 g/mol. The number of pyridine rings is 1. The van der Waals surface area contributed by atoms with Gasteiger partial charge in [0.1, 0.15) is 17.7 Å². The maximum atomic E-state index is 12.1. The largest absolute Gasteiger partial charge is 0.368 e. The van der Waals surface area contributed by atoms with Crippen molar-refractivity contribution in [2.75, 3.05) is 18.4 Å². The molecule has 0 radical (unpaired) electrons. The zero-order valence-electron chi connectivity index (χ0n) is 15.4. The van der Waals surface area contributed by atoms with E-state index in [-0.39, 0.29) is 11.1 Å². The molecule has 3 rings (SSSR count). The van der Waals surface area contributed by atoms with Crippen LogP contribution in [0.3, 0.4) is 0 Å². The zero-order chi connectivity index (χ0) is 19.4. The molecule has 0 saturated heterocycles. The van der Waals surface area contributed by atoms with Crippen LogP contribution in [0, 0.1) is 13.8 Å². The summed E-state index contributed by atoms with van der Waals surface area (Å²) < 4.78 is 3.11. The van der Waals surface area contributed by atoms with Gasteiger partial charge in [-0.2, -0.15) is 5.10 Å². The summed E-state index contributed by atoms with van der Waals surface area (Å²) in [5.41, 5.74) is 1.69. The fraction of sp³-hybridized carbons (Fsp3) is 0.278. The first-order valence-electron chi connectivity index (χ1n) is 8.49. The Hall–Kier alpha value is -3.49. The molecular weight excluding hydrogens is 346 g/mol. The molecule has 0 bridgehead atoms. The molecular formula is C18H21N7O2. The van der Waals surface area contributed by atoms with Crippen LogP contribution in [-0.2, 0) is 7.05 Å². The van der Waals surface area contributed by atoms with Crippen molar-refractivity contribution in [1.29, 1.82) is 0 Å². The van der Waals surface area contributed by atoms with Gasteiger partial charge in [0.25, 0.3) is 11.5 Å². The normalized spacial score (nSPS) is 10.6. The second kappa shape index (κ2) is 7.81. The second-order valence-electron chi connectivity index (χ2n) is 6.12. The first-order valence-corrected chi connectivity index (χ1v) is 8.49. The molecule has 2 N–H and O–H groups in total. The third kappa shape index (κ3) is 4.20. The number of hydrogen-bond donors (Lipinski definition) is 2. The summed E-state index contributed by atoms with van der Waals surface area (Å²) in [6.07, 6.45) is 3.07. The van der Waals surface area contributed by atoms with E-state index >= 15 is 0 Å². The van der Waals surface area contributed by atoms with Gasteiger partial charge in [-0.1, -0.05) is 0 Å². The van der Waals surface area contributed by atoms with E-state index in [0.29, 0.717) is 24.7 Å². The van der Waals surface area contributed by atoms with Gasteiger partial charge in [-0.25, -0.2) is 14.6 Å². The Morgan fingerprint density at radius 1 is 1.19 bits per heavy atom. The maximum Gasteiger partial charge on any atom is 0.263 e. The number of amides is 1. The van der Waals surface area contributed by atoms with Crippen LogP contribution < -0.4 is 16.2 Å². The van der Waals surface area contributed by atoms with Gasteiger partial charge < -0.3 is 15.2 Å². The molecule has 0 spiro atoms. The van der Waals surface area contributed by atoms with E-state index in [1.165, 1.54) is 17.0 Å². The van der Waals surface area contributed by atoms with Gasteiger partial charge in [0, 0.05) is 38.1 Å². The summed E-state index contributed by atoms with van der Waals surface area (Å²) in [6.45, 7) is 4.67. The molecule has 0 aliphatic carbocycles. The van der Waals surface area contributed by atoms with Crippen molar-refractivity contribution in [3.63, 3.8) is 0 Å². The molecule has 0 atom stereocenters. The van der Waals surface area contributed by atoms with Crippen LogP contribution in [0.25, 0.3) is 5.82 Å². The minimum absolute atomic E-state index is 0.119. The van der Waals surface area contributed by atoms with Crippen molar-refractivity contribution in [2.24, 2.45) is 7.05 Å². The van der Waals surface area contributed by atoms with Crippen LogP contribution in [0.15, 0.2) is 41.6 Å².